The Hall–Kier alpha value is -2.31. The summed E-state index contributed by atoms with van der Waals surface area (Å²) in [4.78, 5) is 17.3. The first kappa shape index (κ1) is 18.5. The van der Waals surface area contributed by atoms with Crippen molar-refractivity contribution in [1.29, 1.82) is 0 Å². The van der Waals surface area contributed by atoms with Gasteiger partial charge in [-0.25, -0.2) is 4.98 Å². The van der Waals surface area contributed by atoms with E-state index in [0.29, 0.717) is 5.75 Å². The normalized spacial score (nSPS) is 11.8. The van der Waals surface area contributed by atoms with Crippen molar-refractivity contribution in [2.45, 2.75) is 24.3 Å². The highest BCUT2D eigenvalue weighted by atomic mass is 32.2. The van der Waals surface area contributed by atoms with Crippen molar-refractivity contribution in [1.82, 2.24) is 4.98 Å². The van der Waals surface area contributed by atoms with Gasteiger partial charge in [-0.1, -0.05) is 78.6 Å². The molecule has 4 nitrogen and oxygen atoms in total. The van der Waals surface area contributed by atoms with Crippen molar-refractivity contribution in [2.75, 3.05) is 11.1 Å². The van der Waals surface area contributed by atoms with Crippen LogP contribution >= 0.6 is 23.1 Å². The molecule has 1 aromatic heterocycles. The summed E-state index contributed by atoms with van der Waals surface area (Å²) in [5.74, 6) is 1.41. The van der Waals surface area contributed by atoms with E-state index in [9.17, 15) is 4.79 Å². The van der Waals surface area contributed by atoms with E-state index in [2.05, 4.69) is 12.2 Å². The summed E-state index contributed by atoms with van der Waals surface area (Å²) in [6, 6.07) is 19.2. The summed E-state index contributed by atoms with van der Waals surface area (Å²) in [5.41, 5.74) is 1.78. The smallest absolute Gasteiger partial charge is 0.265 e. The molecular formula is C20H20N2O2S2. The van der Waals surface area contributed by atoms with Gasteiger partial charge in [0.25, 0.3) is 5.91 Å². The van der Waals surface area contributed by atoms with Crippen LogP contribution in [0.25, 0.3) is 11.3 Å². The Morgan fingerprint density at radius 3 is 2.46 bits per heavy atom. The molecule has 0 unspecified atom stereocenters. The van der Waals surface area contributed by atoms with Crippen LogP contribution in [0.3, 0.4) is 0 Å². The first-order valence-corrected chi connectivity index (χ1v) is 10.2. The van der Waals surface area contributed by atoms with E-state index in [-0.39, 0.29) is 5.91 Å². The maximum absolute atomic E-state index is 12.6. The molecule has 134 valence electrons. The fraction of sp³-hybridized carbons (Fsp3) is 0.200. The lowest BCUT2D eigenvalue weighted by atomic mass is 10.2. The maximum Gasteiger partial charge on any atom is 0.265 e. The lowest BCUT2D eigenvalue weighted by Crippen LogP contribution is -2.30. The van der Waals surface area contributed by atoms with E-state index in [1.165, 1.54) is 11.3 Å². The molecule has 0 fully saturated rings. The fourth-order valence-corrected chi connectivity index (χ4v) is 4.30. The monoisotopic (exact) mass is 384 g/mol. The zero-order valence-corrected chi connectivity index (χ0v) is 16.3. The predicted octanol–water partition coefficient (Wildman–Crippen LogP) is 5.33. The number of anilines is 1. The molecule has 2 aromatic carbocycles. The van der Waals surface area contributed by atoms with Crippen LogP contribution in [0.1, 0.15) is 13.8 Å². The zero-order chi connectivity index (χ0) is 18.4. The molecule has 0 saturated carbocycles. The quantitative estimate of drug-likeness (QED) is 0.560. The highest BCUT2D eigenvalue weighted by Crippen LogP contribution is 2.37. The Kier molecular flexibility index (Phi) is 6.30. The second-order valence-corrected chi connectivity index (χ2v) is 8.03. The van der Waals surface area contributed by atoms with Crippen molar-refractivity contribution in [3.8, 4) is 17.0 Å². The van der Waals surface area contributed by atoms with Gasteiger partial charge in [0.1, 0.15) is 16.4 Å². The Balaban J connectivity index is 1.78. The van der Waals surface area contributed by atoms with Crippen molar-refractivity contribution in [3.63, 3.8) is 0 Å². The van der Waals surface area contributed by atoms with Crippen LogP contribution in [0.15, 0.2) is 65.0 Å². The van der Waals surface area contributed by atoms with Gasteiger partial charge in [0.05, 0.1) is 0 Å². The van der Waals surface area contributed by atoms with Gasteiger partial charge < -0.3 is 10.1 Å². The summed E-state index contributed by atoms with van der Waals surface area (Å²) in [6.45, 7) is 3.83. The van der Waals surface area contributed by atoms with Crippen molar-refractivity contribution in [2.24, 2.45) is 0 Å². The first-order chi connectivity index (χ1) is 12.7. The number of hydrogen-bond acceptors (Lipinski definition) is 5. The van der Waals surface area contributed by atoms with Gasteiger partial charge in [-0.2, -0.15) is 0 Å². The number of carbonyl (C=O) groups excluding carboxylic acids is 1. The van der Waals surface area contributed by atoms with E-state index >= 15 is 0 Å². The molecule has 0 aliphatic rings. The van der Waals surface area contributed by atoms with Crippen LogP contribution in [0.4, 0.5) is 5.00 Å². The third-order valence-corrected chi connectivity index (χ3v) is 5.58. The number of nitrogens with one attached hydrogen (secondary N) is 1. The van der Waals surface area contributed by atoms with Crippen LogP contribution in [-0.2, 0) is 4.79 Å². The second kappa shape index (κ2) is 8.87. The minimum absolute atomic E-state index is 0.192. The van der Waals surface area contributed by atoms with Gasteiger partial charge in [0.15, 0.2) is 10.4 Å². The molecule has 3 aromatic rings. The number of benzene rings is 2. The van der Waals surface area contributed by atoms with E-state index in [1.54, 1.807) is 18.7 Å². The number of rotatable bonds is 7. The molecule has 1 heterocycles. The lowest BCUT2D eigenvalue weighted by Gasteiger charge is -2.14. The van der Waals surface area contributed by atoms with Crippen LogP contribution in [-0.4, -0.2) is 22.7 Å². The number of aromatic nitrogens is 1. The summed E-state index contributed by atoms with van der Waals surface area (Å²) in [7, 11) is 0. The number of hydrogen-bond donors (Lipinski definition) is 1. The molecule has 1 amide bonds. The van der Waals surface area contributed by atoms with E-state index in [0.717, 1.165) is 26.4 Å². The number of thioether (sulfide) groups is 1. The topological polar surface area (TPSA) is 51.2 Å². The summed E-state index contributed by atoms with van der Waals surface area (Å²) < 4.78 is 6.66. The molecule has 1 N–H and O–H groups in total. The summed E-state index contributed by atoms with van der Waals surface area (Å²) in [5, 5.41) is 3.74. The Labute approximate surface area is 161 Å². The van der Waals surface area contributed by atoms with Gasteiger partial charge in [0, 0.05) is 5.56 Å². The van der Waals surface area contributed by atoms with Crippen molar-refractivity contribution < 1.29 is 9.53 Å². The lowest BCUT2D eigenvalue weighted by molar-refractivity contribution is -0.122. The number of para-hydroxylation sites is 1. The van der Waals surface area contributed by atoms with Gasteiger partial charge in [-0.15, -0.1) is 0 Å². The van der Waals surface area contributed by atoms with Crippen LogP contribution in [0, 0.1) is 0 Å². The summed E-state index contributed by atoms with van der Waals surface area (Å²) in [6.07, 6.45) is -0.606. The molecule has 0 aliphatic carbocycles. The Bertz CT molecular complexity index is 851. The van der Waals surface area contributed by atoms with E-state index in [4.69, 9.17) is 9.72 Å². The second-order valence-electron chi connectivity index (χ2n) is 5.52. The highest BCUT2D eigenvalue weighted by Gasteiger charge is 2.20. The minimum atomic E-state index is -0.606. The molecule has 0 bridgehead atoms. The van der Waals surface area contributed by atoms with Crippen molar-refractivity contribution in [3.05, 3.63) is 60.7 Å². The SMILES string of the molecule is CCSc1nc(-c2ccccc2)c(NC(=O)[C@H](C)Oc2ccccc2)s1. The molecule has 1 atom stereocenters. The van der Waals surface area contributed by atoms with Gasteiger partial charge >= 0.3 is 0 Å². The number of carbonyl (C=O) groups is 1. The molecule has 0 saturated heterocycles. The number of amides is 1. The molecule has 3 rings (SSSR count). The molecule has 26 heavy (non-hydrogen) atoms. The van der Waals surface area contributed by atoms with Gasteiger partial charge in [-0.05, 0) is 24.8 Å². The third kappa shape index (κ3) is 4.65. The van der Waals surface area contributed by atoms with Crippen LogP contribution in [0.5, 0.6) is 5.75 Å². The van der Waals surface area contributed by atoms with E-state index in [1.807, 2.05) is 60.7 Å². The first-order valence-electron chi connectivity index (χ1n) is 8.39. The van der Waals surface area contributed by atoms with Crippen LogP contribution in [0.2, 0.25) is 0 Å². The fourth-order valence-electron chi connectivity index (χ4n) is 2.33. The zero-order valence-electron chi connectivity index (χ0n) is 14.6. The van der Waals surface area contributed by atoms with Crippen LogP contribution < -0.4 is 10.1 Å². The maximum atomic E-state index is 12.6. The number of nitrogens with zero attached hydrogens (tertiary/aromatic N) is 1. The number of ether oxygens (including phenoxy) is 1. The van der Waals surface area contributed by atoms with Gasteiger partial charge in [0.2, 0.25) is 0 Å². The summed E-state index contributed by atoms with van der Waals surface area (Å²) >= 11 is 3.16. The van der Waals surface area contributed by atoms with Crippen molar-refractivity contribution >= 4 is 34.0 Å². The van der Waals surface area contributed by atoms with E-state index < -0.39 is 6.10 Å². The Morgan fingerprint density at radius 1 is 1.15 bits per heavy atom. The average molecular weight is 385 g/mol. The minimum Gasteiger partial charge on any atom is -0.481 e. The third-order valence-electron chi connectivity index (χ3n) is 3.58. The standard InChI is InChI=1S/C20H20N2O2S2/c1-3-25-20-21-17(15-10-6-4-7-11-15)19(26-20)22-18(23)14(2)24-16-12-8-5-9-13-16/h4-14H,3H2,1-2H3,(H,22,23)/t14-/m0/s1. The predicted molar refractivity (Wildman–Crippen MR) is 109 cm³/mol. The molecule has 0 radical (unpaired) electrons. The number of thiazole rings is 1. The van der Waals surface area contributed by atoms with Gasteiger partial charge in [-0.3, -0.25) is 4.79 Å². The Morgan fingerprint density at radius 2 is 1.81 bits per heavy atom. The average Bonchev–Trinajstić information content (AvgIpc) is 3.06. The molecule has 6 heteroatoms. The molecule has 0 spiro atoms. The molecular weight excluding hydrogens is 364 g/mol. The highest BCUT2D eigenvalue weighted by molar-refractivity contribution is 8.01. The largest absolute Gasteiger partial charge is 0.481 e. The molecule has 0 aliphatic heterocycles.